The predicted molar refractivity (Wildman–Crippen MR) is 55.1 cm³/mol. The van der Waals surface area contributed by atoms with Crippen LogP contribution in [-0.4, -0.2) is 13.1 Å². The van der Waals surface area contributed by atoms with Gasteiger partial charge in [0.15, 0.2) is 0 Å². The summed E-state index contributed by atoms with van der Waals surface area (Å²) in [5.74, 6) is 4.04. The average Bonchev–Trinajstić information content (AvgIpc) is 2.82. The van der Waals surface area contributed by atoms with Crippen LogP contribution in [0.5, 0.6) is 0 Å². The molecule has 0 aromatic rings. The van der Waals surface area contributed by atoms with Crippen LogP contribution in [0.25, 0.3) is 0 Å². The fraction of sp³-hybridized carbons (Fsp3) is 0.786. The van der Waals surface area contributed by atoms with Crippen LogP contribution in [0.1, 0.15) is 12.8 Å². The number of esters is 1. The van der Waals surface area contributed by atoms with Crippen LogP contribution in [0, 0.1) is 45.8 Å². The number of hydrogen-bond acceptors (Lipinski definition) is 2. The zero-order valence-electron chi connectivity index (χ0n) is 9.27. The summed E-state index contributed by atoms with van der Waals surface area (Å²) in [6.45, 7) is 0. The van der Waals surface area contributed by atoms with E-state index in [4.69, 9.17) is 4.74 Å². The molecule has 0 aromatic heterocycles. The zero-order valence-corrected chi connectivity index (χ0v) is 9.27. The molecule has 2 heteroatoms. The van der Waals surface area contributed by atoms with Crippen LogP contribution in [0.2, 0.25) is 0 Å². The minimum Gasteiger partial charge on any atom is -0.469 e. The van der Waals surface area contributed by atoms with E-state index in [1.807, 2.05) is 0 Å². The van der Waals surface area contributed by atoms with Crippen molar-refractivity contribution in [2.24, 2.45) is 45.8 Å². The molecular formula is C14H14O2. The molecule has 8 atom stereocenters. The second-order valence-corrected chi connectivity index (χ2v) is 6.87. The summed E-state index contributed by atoms with van der Waals surface area (Å²) in [5, 5.41) is 0. The van der Waals surface area contributed by atoms with E-state index in [2.05, 4.69) is 12.2 Å². The summed E-state index contributed by atoms with van der Waals surface area (Å²) < 4.78 is 5.14. The van der Waals surface area contributed by atoms with Gasteiger partial charge in [-0.15, -0.1) is 0 Å². The quantitative estimate of drug-likeness (QED) is 0.489. The zero-order chi connectivity index (χ0) is 10.5. The minimum absolute atomic E-state index is 0.0244. The van der Waals surface area contributed by atoms with Gasteiger partial charge in [-0.3, -0.25) is 4.79 Å². The molecule has 0 N–H and O–H groups in total. The third kappa shape index (κ3) is 0.306. The Hall–Kier alpha value is -0.790. The Morgan fingerprint density at radius 2 is 2.12 bits per heavy atom. The normalized spacial score (nSPS) is 76.7. The van der Waals surface area contributed by atoms with Gasteiger partial charge in [-0.25, -0.2) is 0 Å². The molecule has 0 unspecified atom stereocenters. The molecule has 0 radical (unpaired) electrons. The Balaban J connectivity index is 1.66. The van der Waals surface area contributed by atoms with Gasteiger partial charge < -0.3 is 4.74 Å². The van der Waals surface area contributed by atoms with Gasteiger partial charge in [0.2, 0.25) is 0 Å². The van der Waals surface area contributed by atoms with Gasteiger partial charge in [0.25, 0.3) is 0 Å². The topological polar surface area (TPSA) is 26.3 Å². The lowest BCUT2D eigenvalue weighted by molar-refractivity contribution is -0.157. The van der Waals surface area contributed by atoms with Gasteiger partial charge in [0, 0.05) is 5.41 Å². The van der Waals surface area contributed by atoms with Crippen molar-refractivity contribution in [1.82, 2.24) is 0 Å². The molecule has 6 saturated carbocycles. The average molecular weight is 214 g/mol. The summed E-state index contributed by atoms with van der Waals surface area (Å²) in [7, 11) is 1.58. The van der Waals surface area contributed by atoms with E-state index >= 15 is 0 Å². The highest BCUT2D eigenvalue weighted by molar-refractivity contribution is 5.92. The number of allylic oxidation sites excluding steroid dienone is 2. The number of carbonyl (C=O) groups is 1. The summed E-state index contributed by atoms with van der Waals surface area (Å²) in [6.07, 6.45) is 7.58. The molecule has 7 aliphatic rings. The van der Waals surface area contributed by atoms with Crippen molar-refractivity contribution in [1.29, 1.82) is 0 Å². The van der Waals surface area contributed by atoms with Crippen molar-refractivity contribution < 1.29 is 9.53 Å². The van der Waals surface area contributed by atoms with E-state index in [0.717, 1.165) is 23.7 Å². The number of rotatable bonds is 1. The van der Waals surface area contributed by atoms with Crippen LogP contribution >= 0.6 is 0 Å². The smallest absolute Gasteiger partial charge is 0.313 e. The number of methoxy groups -OCH3 is 1. The lowest BCUT2D eigenvalue weighted by Gasteiger charge is -2.42. The number of carbonyl (C=O) groups excluding carboxylic acids is 1. The largest absolute Gasteiger partial charge is 0.469 e. The van der Waals surface area contributed by atoms with Crippen molar-refractivity contribution in [3.63, 3.8) is 0 Å². The summed E-state index contributed by atoms with van der Waals surface area (Å²) >= 11 is 0. The molecular weight excluding hydrogens is 200 g/mol. The molecule has 0 aliphatic heterocycles. The second kappa shape index (κ2) is 1.53. The predicted octanol–water partition coefficient (Wildman–Crippen LogP) is 1.62. The molecule has 2 spiro atoms. The van der Waals surface area contributed by atoms with Crippen molar-refractivity contribution >= 4 is 5.97 Å². The highest BCUT2D eigenvalue weighted by Crippen LogP contribution is 3.16. The molecule has 0 heterocycles. The Kier molecular flexibility index (Phi) is 0.721. The summed E-state index contributed by atoms with van der Waals surface area (Å²) in [4.78, 5) is 12.2. The highest BCUT2D eigenvalue weighted by atomic mass is 16.5. The van der Waals surface area contributed by atoms with E-state index < -0.39 is 0 Å². The van der Waals surface area contributed by atoms with E-state index in [0.29, 0.717) is 16.7 Å². The van der Waals surface area contributed by atoms with Crippen LogP contribution in [0.3, 0.4) is 0 Å². The first-order chi connectivity index (χ1) is 7.78. The molecule has 82 valence electrons. The Morgan fingerprint density at radius 3 is 2.94 bits per heavy atom. The Bertz CT molecular complexity index is 519. The molecule has 16 heavy (non-hydrogen) atoms. The number of ether oxygens (including phenoxy) is 1. The first-order valence-electron chi connectivity index (χ1n) is 6.55. The van der Waals surface area contributed by atoms with Gasteiger partial charge in [0.1, 0.15) is 0 Å². The van der Waals surface area contributed by atoms with Gasteiger partial charge in [-0.1, -0.05) is 12.2 Å². The molecule has 0 amide bonds. The molecule has 6 fully saturated rings. The van der Waals surface area contributed by atoms with E-state index in [9.17, 15) is 4.79 Å². The van der Waals surface area contributed by atoms with Gasteiger partial charge in [-0.2, -0.15) is 0 Å². The van der Waals surface area contributed by atoms with Crippen LogP contribution in [0.4, 0.5) is 0 Å². The number of fused-ring (bicyclic) bond motifs is 2. The van der Waals surface area contributed by atoms with Crippen molar-refractivity contribution in [2.45, 2.75) is 12.8 Å². The monoisotopic (exact) mass is 214 g/mol. The van der Waals surface area contributed by atoms with Gasteiger partial charge >= 0.3 is 5.97 Å². The lowest BCUT2D eigenvalue weighted by Crippen LogP contribution is -2.46. The third-order valence-corrected chi connectivity index (χ3v) is 7.62. The van der Waals surface area contributed by atoms with Gasteiger partial charge in [0.05, 0.1) is 12.5 Å². The maximum absolute atomic E-state index is 12.2. The van der Waals surface area contributed by atoms with Crippen LogP contribution in [0.15, 0.2) is 12.2 Å². The SMILES string of the molecule is COC(=O)[C@@]12[C@H]3C[C@@H]4[C@@H]1[C@@]41[C@H]4C=C[C@@H](C4)[C@@]321. The Labute approximate surface area is 94.0 Å². The molecule has 4 bridgehead atoms. The Morgan fingerprint density at radius 1 is 1.31 bits per heavy atom. The molecule has 0 aromatic carbocycles. The maximum atomic E-state index is 12.2. The van der Waals surface area contributed by atoms with Gasteiger partial charge in [-0.05, 0) is 47.8 Å². The third-order valence-electron chi connectivity index (χ3n) is 7.62. The van der Waals surface area contributed by atoms with Crippen LogP contribution in [-0.2, 0) is 9.53 Å². The lowest BCUT2D eigenvalue weighted by atomic mass is 9.60. The first kappa shape index (κ1) is 7.52. The fourth-order valence-electron chi connectivity index (χ4n) is 8.05. The van der Waals surface area contributed by atoms with Crippen molar-refractivity contribution in [3.8, 4) is 0 Å². The molecule has 7 rings (SSSR count). The first-order valence-corrected chi connectivity index (χ1v) is 6.55. The molecule has 2 nitrogen and oxygen atoms in total. The van der Waals surface area contributed by atoms with E-state index in [-0.39, 0.29) is 11.4 Å². The highest BCUT2D eigenvalue weighted by Gasteiger charge is 3.16. The fourth-order valence-corrected chi connectivity index (χ4v) is 8.05. The second-order valence-electron chi connectivity index (χ2n) is 6.87. The van der Waals surface area contributed by atoms with Crippen molar-refractivity contribution in [3.05, 3.63) is 12.2 Å². The molecule has 7 aliphatic carbocycles. The van der Waals surface area contributed by atoms with E-state index in [1.165, 1.54) is 12.8 Å². The standard InChI is InChI=1S/C14H14O2/c1-16-11(15)13-9-5-8-10(13)12(8)6-2-3-7(4-6)14(9,12)13/h2-3,6-10H,4-5H2,1H3/t6-,7-,8+,9+,10+,12+,13+,14-/m0/s1. The molecule has 0 saturated heterocycles. The minimum atomic E-state index is 0.0244. The van der Waals surface area contributed by atoms with E-state index in [1.54, 1.807) is 7.11 Å². The maximum Gasteiger partial charge on any atom is 0.313 e. The van der Waals surface area contributed by atoms with Crippen LogP contribution < -0.4 is 0 Å². The number of hydrogen-bond donors (Lipinski definition) is 0. The van der Waals surface area contributed by atoms with Crippen molar-refractivity contribution in [2.75, 3.05) is 7.11 Å². The summed E-state index contributed by atoms with van der Waals surface area (Å²) in [5.41, 5.74) is 1.06. The summed E-state index contributed by atoms with van der Waals surface area (Å²) in [6, 6.07) is 0.